The van der Waals surface area contributed by atoms with Gasteiger partial charge in [-0.3, -0.25) is 10.1 Å². The number of nitrogens with zero attached hydrogens (tertiary/aromatic N) is 1. The van der Waals surface area contributed by atoms with E-state index in [0.717, 1.165) is 0 Å². The van der Waals surface area contributed by atoms with Gasteiger partial charge in [-0.15, -0.1) is 0 Å². The normalized spacial score (nSPS) is 15.6. The van der Waals surface area contributed by atoms with Crippen LogP contribution in [-0.4, -0.2) is 18.1 Å². The van der Waals surface area contributed by atoms with Gasteiger partial charge in [0.15, 0.2) is 8.32 Å². The predicted octanol–water partition coefficient (Wildman–Crippen LogP) is 3.74. The molecule has 0 aliphatic carbocycles. The predicted molar refractivity (Wildman–Crippen MR) is 79.3 cm³/mol. The molecule has 1 N–H and O–H groups in total. The van der Waals surface area contributed by atoms with Crippen molar-refractivity contribution >= 4 is 22.0 Å². The Labute approximate surface area is 119 Å². The zero-order valence-electron chi connectivity index (χ0n) is 12.0. The summed E-state index contributed by atoms with van der Waals surface area (Å²) in [5.41, 5.74) is 0.441. The average Bonchev–Trinajstić information content (AvgIpc) is 2.34. The summed E-state index contributed by atoms with van der Waals surface area (Å²) in [6.07, 6.45) is 0.320. The number of nitro benzene ring substituents is 1. The zero-order valence-corrected chi connectivity index (χ0v) is 13.9. The Morgan fingerprint density at radius 3 is 2.15 bits per heavy atom. The van der Waals surface area contributed by atoms with E-state index in [1.54, 1.807) is 6.92 Å². The highest BCUT2D eigenvalue weighted by Crippen LogP contribution is 2.50. The molecule has 6 nitrogen and oxygen atoms in total. The van der Waals surface area contributed by atoms with Crippen molar-refractivity contribution in [2.24, 2.45) is 0 Å². The number of benzene rings is 1. The molecule has 0 aliphatic heterocycles. The van der Waals surface area contributed by atoms with E-state index >= 15 is 0 Å². The summed E-state index contributed by atoms with van der Waals surface area (Å²) in [7, 11) is -4.69. The molecule has 0 saturated carbocycles. The molecule has 1 rings (SSSR count). The molecule has 0 aromatic heterocycles. The van der Waals surface area contributed by atoms with Crippen LogP contribution in [0.1, 0.15) is 18.9 Å². The van der Waals surface area contributed by atoms with Gasteiger partial charge in [0.2, 0.25) is 0 Å². The number of hydrogen-bond donors (Lipinski definition) is 1. The lowest BCUT2D eigenvalue weighted by Crippen LogP contribution is -2.38. The molecule has 1 aromatic rings. The van der Waals surface area contributed by atoms with Crippen molar-refractivity contribution < 1.29 is 18.8 Å². The topological polar surface area (TPSA) is 89.7 Å². The van der Waals surface area contributed by atoms with E-state index in [-0.39, 0.29) is 5.69 Å². The summed E-state index contributed by atoms with van der Waals surface area (Å²) >= 11 is 0. The molecule has 0 spiro atoms. The summed E-state index contributed by atoms with van der Waals surface area (Å²) in [5.74, 6) is 0. The second-order valence-electron chi connectivity index (χ2n) is 5.43. The molecule has 0 saturated heterocycles. The van der Waals surface area contributed by atoms with E-state index in [2.05, 4.69) is 0 Å². The van der Waals surface area contributed by atoms with Crippen LogP contribution in [0.15, 0.2) is 24.3 Å². The van der Waals surface area contributed by atoms with Gasteiger partial charge in [-0.25, -0.2) is 0 Å². The minimum absolute atomic E-state index is 0.0556. The second-order valence-corrected chi connectivity index (χ2v) is 11.1. The lowest BCUT2D eigenvalue weighted by molar-refractivity contribution is -0.384. The molecule has 8 heteroatoms. The highest BCUT2D eigenvalue weighted by atomic mass is 31.1. The Balaban J connectivity index is 3.30. The summed E-state index contributed by atoms with van der Waals surface area (Å²) in [6, 6.07) is 5.63. The first-order valence-corrected chi connectivity index (χ1v) is 10.9. The number of nitro groups is 1. The van der Waals surface area contributed by atoms with Gasteiger partial charge in [0, 0.05) is 24.1 Å². The van der Waals surface area contributed by atoms with Crippen molar-refractivity contribution in [2.45, 2.75) is 38.3 Å². The molecule has 0 aliphatic rings. The lowest BCUT2D eigenvalue weighted by atomic mass is 10.1. The van der Waals surface area contributed by atoms with Crippen molar-refractivity contribution in [1.82, 2.24) is 0 Å². The molecule has 0 heterocycles. The van der Waals surface area contributed by atoms with Gasteiger partial charge in [-0.05, 0) is 36.3 Å². The molecule has 0 amide bonds. The van der Waals surface area contributed by atoms with Crippen LogP contribution in [0.5, 0.6) is 0 Å². The van der Waals surface area contributed by atoms with E-state index in [9.17, 15) is 19.6 Å². The van der Waals surface area contributed by atoms with E-state index in [0.29, 0.717) is 12.0 Å². The Bertz CT molecular complexity index is 514. The van der Waals surface area contributed by atoms with Crippen LogP contribution in [0.3, 0.4) is 0 Å². The first-order valence-electron chi connectivity index (χ1n) is 6.24. The molecule has 0 radical (unpaired) electrons. The first-order chi connectivity index (χ1) is 9.12. The molecule has 1 aromatic carbocycles. The van der Waals surface area contributed by atoms with Gasteiger partial charge in [0.25, 0.3) is 5.69 Å². The van der Waals surface area contributed by atoms with Crippen LogP contribution in [0.2, 0.25) is 19.6 Å². The van der Waals surface area contributed by atoms with E-state index in [1.165, 1.54) is 24.3 Å². The van der Waals surface area contributed by atoms with Gasteiger partial charge in [0.1, 0.15) is 0 Å². The Morgan fingerprint density at radius 2 is 1.85 bits per heavy atom. The van der Waals surface area contributed by atoms with E-state index in [1.807, 2.05) is 19.6 Å². The summed E-state index contributed by atoms with van der Waals surface area (Å²) in [6.45, 7) is 7.57. The van der Waals surface area contributed by atoms with Gasteiger partial charge in [-0.1, -0.05) is 6.92 Å². The third kappa shape index (κ3) is 3.70. The highest BCUT2D eigenvalue weighted by Gasteiger charge is 2.53. The van der Waals surface area contributed by atoms with Crippen molar-refractivity contribution in [3.63, 3.8) is 0 Å². The fourth-order valence-electron chi connectivity index (χ4n) is 1.97. The number of hydrogen-bond acceptors (Lipinski definition) is 4. The maximum atomic E-state index is 11.9. The largest absolute Gasteiger partial charge is 0.545 e. The third-order valence-corrected chi connectivity index (χ3v) is 5.21. The molecular formula is C12H19NO5PSi+. The van der Waals surface area contributed by atoms with Gasteiger partial charge in [0.05, 0.1) is 4.92 Å². The molecule has 2 atom stereocenters. The highest BCUT2D eigenvalue weighted by molar-refractivity contribution is 7.39. The van der Waals surface area contributed by atoms with E-state index < -0.39 is 26.6 Å². The maximum absolute atomic E-state index is 11.9. The Hall–Kier alpha value is -1.14. The third-order valence-electron chi connectivity index (χ3n) is 2.79. The van der Waals surface area contributed by atoms with Crippen molar-refractivity contribution in [3.05, 3.63) is 39.9 Å². The minimum atomic E-state index is -2.62. The zero-order chi connectivity index (χ0) is 15.6. The minimum Gasteiger partial charge on any atom is -0.369 e. The second kappa shape index (κ2) is 6.09. The molecule has 20 heavy (non-hydrogen) atoms. The first kappa shape index (κ1) is 16.9. The molecule has 2 unspecified atom stereocenters. The van der Waals surface area contributed by atoms with Gasteiger partial charge in [-0.2, -0.15) is 4.89 Å². The van der Waals surface area contributed by atoms with Crippen molar-refractivity contribution in [2.75, 3.05) is 0 Å². The van der Waals surface area contributed by atoms with E-state index in [4.69, 9.17) is 4.43 Å². The van der Waals surface area contributed by atoms with Crippen LogP contribution in [0.25, 0.3) is 0 Å². The smallest absolute Gasteiger partial charge is 0.369 e. The summed E-state index contributed by atoms with van der Waals surface area (Å²) in [4.78, 5) is 19.9. The SMILES string of the molecule is CCC(O[Si](C)(C)C)(c1ccc([N+](=O)[O-])cc1)[P+](=O)O. The van der Waals surface area contributed by atoms with Crippen LogP contribution >= 0.6 is 8.03 Å². The fraction of sp³-hybridized carbons (Fsp3) is 0.500. The molecular weight excluding hydrogens is 297 g/mol. The van der Waals surface area contributed by atoms with Crippen LogP contribution in [-0.2, 0) is 14.3 Å². The summed E-state index contributed by atoms with van der Waals surface area (Å²) in [5, 5.41) is 9.37. The van der Waals surface area contributed by atoms with Crippen molar-refractivity contribution in [1.29, 1.82) is 0 Å². The van der Waals surface area contributed by atoms with Crippen LogP contribution in [0, 0.1) is 10.1 Å². The maximum Gasteiger partial charge on any atom is 0.545 e. The standard InChI is InChI=1S/C12H18NO5PSi/c1-5-12(19(16)17,18-20(2,3)4)10-6-8-11(9-7-10)13(14)15/h6-9H,5H2,1-4H3/p+1. The lowest BCUT2D eigenvalue weighted by Gasteiger charge is -2.28. The van der Waals surface area contributed by atoms with Crippen LogP contribution < -0.4 is 0 Å². The molecule has 0 fully saturated rings. The average molecular weight is 316 g/mol. The summed E-state index contributed by atoms with van der Waals surface area (Å²) < 4.78 is 17.8. The fourth-order valence-corrected chi connectivity index (χ4v) is 5.02. The van der Waals surface area contributed by atoms with Gasteiger partial charge >= 0.3 is 13.4 Å². The number of rotatable bonds is 6. The Morgan fingerprint density at radius 1 is 1.35 bits per heavy atom. The van der Waals surface area contributed by atoms with Crippen molar-refractivity contribution in [3.8, 4) is 0 Å². The monoisotopic (exact) mass is 316 g/mol. The number of non-ortho nitro benzene ring substituents is 1. The quantitative estimate of drug-likeness (QED) is 0.374. The van der Waals surface area contributed by atoms with Crippen LogP contribution in [0.4, 0.5) is 5.69 Å². The molecule has 0 bridgehead atoms. The molecule has 110 valence electrons. The Kier molecular flexibility index (Phi) is 5.15. The van der Waals surface area contributed by atoms with Gasteiger partial charge < -0.3 is 4.43 Å².